The maximum Gasteiger partial charge on any atom is 0.244 e. The van der Waals surface area contributed by atoms with Gasteiger partial charge in [-0.2, -0.15) is 5.26 Å². The number of nitrogens with zero attached hydrogens (tertiary/aromatic N) is 2. The summed E-state index contributed by atoms with van der Waals surface area (Å²) in [5.41, 5.74) is 1.05. The minimum Gasteiger partial charge on any atom is -0.325 e. The Hall–Kier alpha value is -2.00. The third kappa shape index (κ3) is 3.02. The first-order valence-electron chi connectivity index (χ1n) is 5.34. The van der Waals surface area contributed by atoms with Gasteiger partial charge in [0, 0.05) is 5.69 Å². The van der Waals surface area contributed by atoms with Crippen molar-refractivity contribution in [1.82, 2.24) is 4.90 Å². The lowest BCUT2D eigenvalue weighted by molar-refractivity contribution is -0.130. The van der Waals surface area contributed by atoms with Gasteiger partial charge in [0.25, 0.3) is 0 Å². The minimum atomic E-state index is -0.249. The van der Waals surface area contributed by atoms with Crippen LogP contribution in [0.4, 0.5) is 5.69 Å². The number of benzene rings is 1. The number of carbonyl (C=O) groups is 2. The van der Waals surface area contributed by atoms with Gasteiger partial charge in [0.1, 0.15) is 6.54 Å². The third-order valence-electron chi connectivity index (χ3n) is 2.44. The number of carbonyl (C=O) groups excluding carboxylic acids is 2. The highest BCUT2D eigenvalue weighted by atomic mass is 32.2. The van der Waals surface area contributed by atoms with E-state index in [1.54, 1.807) is 24.3 Å². The van der Waals surface area contributed by atoms with E-state index in [2.05, 4.69) is 5.32 Å². The molecule has 2 rings (SSSR count). The fourth-order valence-electron chi connectivity index (χ4n) is 1.58. The normalized spacial score (nSPS) is 14.4. The Bertz CT molecular complexity index is 524. The lowest BCUT2D eigenvalue weighted by Crippen LogP contribution is -2.34. The second kappa shape index (κ2) is 5.56. The highest BCUT2D eigenvalue weighted by Crippen LogP contribution is 2.15. The standard InChI is InChI=1S/C12H11N3O2S/c13-5-9-2-1-3-10(4-9)14-11(16)6-15-8-18-7-12(15)17/h1-4H,6-8H2,(H,14,16). The average Bonchev–Trinajstić information content (AvgIpc) is 2.75. The first-order valence-corrected chi connectivity index (χ1v) is 6.50. The van der Waals surface area contributed by atoms with Crippen LogP contribution in [0.5, 0.6) is 0 Å². The molecule has 0 spiro atoms. The molecule has 1 aliphatic heterocycles. The Balaban J connectivity index is 1.94. The number of nitrogens with one attached hydrogen (secondary N) is 1. The molecule has 1 heterocycles. The smallest absolute Gasteiger partial charge is 0.244 e. The molecule has 1 saturated heterocycles. The molecule has 0 aromatic heterocycles. The molecule has 1 fully saturated rings. The molecule has 1 aromatic carbocycles. The molecule has 6 heteroatoms. The van der Waals surface area contributed by atoms with Crippen molar-refractivity contribution in [3.63, 3.8) is 0 Å². The molecule has 1 N–H and O–H groups in total. The zero-order valence-corrected chi connectivity index (χ0v) is 10.4. The van der Waals surface area contributed by atoms with Crippen LogP contribution in [-0.2, 0) is 9.59 Å². The molecule has 0 radical (unpaired) electrons. The van der Waals surface area contributed by atoms with E-state index < -0.39 is 0 Å². The highest BCUT2D eigenvalue weighted by Gasteiger charge is 2.22. The minimum absolute atomic E-state index is 0.0130. The summed E-state index contributed by atoms with van der Waals surface area (Å²) in [7, 11) is 0. The Kier molecular flexibility index (Phi) is 3.85. The van der Waals surface area contributed by atoms with E-state index in [0.717, 1.165) is 0 Å². The van der Waals surface area contributed by atoms with Gasteiger partial charge in [-0.25, -0.2) is 0 Å². The molecule has 0 saturated carbocycles. The van der Waals surface area contributed by atoms with Crippen LogP contribution in [-0.4, -0.2) is 34.9 Å². The molecule has 18 heavy (non-hydrogen) atoms. The number of hydrogen-bond acceptors (Lipinski definition) is 4. The van der Waals surface area contributed by atoms with Crippen LogP contribution in [0.2, 0.25) is 0 Å². The van der Waals surface area contributed by atoms with Crippen molar-refractivity contribution in [2.75, 3.05) is 23.5 Å². The summed E-state index contributed by atoms with van der Waals surface area (Å²) >= 11 is 1.50. The molecule has 5 nitrogen and oxygen atoms in total. The van der Waals surface area contributed by atoms with Gasteiger partial charge in [-0.05, 0) is 18.2 Å². The second-order valence-corrected chi connectivity index (χ2v) is 4.77. The lowest BCUT2D eigenvalue weighted by atomic mass is 10.2. The number of rotatable bonds is 3. The molecule has 0 bridgehead atoms. The van der Waals surface area contributed by atoms with Crippen LogP contribution in [0.15, 0.2) is 24.3 Å². The van der Waals surface area contributed by atoms with Crippen LogP contribution >= 0.6 is 11.8 Å². The van der Waals surface area contributed by atoms with Gasteiger partial charge in [0.15, 0.2) is 0 Å². The van der Waals surface area contributed by atoms with Gasteiger partial charge in [0.2, 0.25) is 11.8 Å². The van der Waals surface area contributed by atoms with Gasteiger partial charge in [-0.1, -0.05) is 6.07 Å². The van der Waals surface area contributed by atoms with E-state index in [9.17, 15) is 9.59 Å². The molecular weight excluding hydrogens is 250 g/mol. The van der Waals surface area contributed by atoms with Crippen molar-refractivity contribution in [3.05, 3.63) is 29.8 Å². The molecule has 0 unspecified atom stereocenters. The lowest BCUT2D eigenvalue weighted by Gasteiger charge is -2.14. The monoisotopic (exact) mass is 261 g/mol. The predicted molar refractivity (Wildman–Crippen MR) is 68.8 cm³/mol. The Morgan fingerprint density at radius 2 is 2.39 bits per heavy atom. The van der Waals surface area contributed by atoms with Crippen LogP contribution in [0.1, 0.15) is 5.56 Å². The molecule has 0 aliphatic carbocycles. The third-order valence-corrected chi connectivity index (χ3v) is 3.38. The maximum absolute atomic E-state index is 11.7. The fourth-order valence-corrected chi connectivity index (χ4v) is 2.48. The number of hydrogen-bond donors (Lipinski definition) is 1. The summed E-state index contributed by atoms with van der Waals surface area (Å²) in [5.74, 6) is 0.740. The molecule has 2 amide bonds. The first-order chi connectivity index (χ1) is 8.69. The number of anilines is 1. The van der Waals surface area contributed by atoms with Gasteiger partial charge < -0.3 is 10.2 Å². The van der Waals surface area contributed by atoms with E-state index >= 15 is 0 Å². The molecule has 92 valence electrons. The van der Waals surface area contributed by atoms with E-state index in [0.29, 0.717) is 22.9 Å². The van der Waals surface area contributed by atoms with Gasteiger partial charge in [-0.15, -0.1) is 11.8 Å². The Morgan fingerprint density at radius 1 is 1.56 bits per heavy atom. The summed E-state index contributed by atoms with van der Waals surface area (Å²) in [6.07, 6.45) is 0. The van der Waals surface area contributed by atoms with E-state index in [4.69, 9.17) is 5.26 Å². The van der Waals surface area contributed by atoms with Crippen LogP contribution in [0, 0.1) is 11.3 Å². The van der Waals surface area contributed by atoms with Gasteiger partial charge in [0.05, 0.1) is 23.3 Å². The van der Waals surface area contributed by atoms with Crippen molar-refractivity contribution < 1.29 is 9.59 Å². The topological polar surface area (TPSA) is 73.2 Å². The van der Waals surface area contributed by atoms with Crippen molar-refractivity contribution in [3.8, 4) is 6.07 Å². The van der Waals surface area contributed by atoms with Crippen LogP contribution in [0.25, 0.3) is 0 Å². The molecule has 1 aromatic rings. The number of amides is 2. The zero-order chi connectivity index (χ0) is 13.0. The Morgan fingerprint density at radius 3 is 3.06 bits per heavy atom. The fraction of sp³-hybridized carbons (Fsp3) is 0.250. The SMILES string of the molecule is N#Cc1cccc(NC(=O)CN2CSCC2=O)c1. The number of nitriles is 1. The second-order valence-electron chi connectivity index (χ2n) is 3.81. The van der Waals surface area contributed by atoms with Crippen LogP contribution < -0.4 is 5.32 Å². The van der Waals surface area contributed by atoms with Crippen LogP contribution in [0.3, 0.4) is 0 Å². The summed E-state index contributed by atoms with van der Waals surface area (Å²) < 4.78 is 0. The van der Waals surface area contributed by atoms with Gasteiger partial charge >= 0.3 is 0 Å². The maximum atomic E-state index is 11.7. The number of thioether (sulfide) groups is 1. The largest absolute Gasteiger partial charge is 0.325 e. The highest BCUT2D eigenvalue weighted by molar-refractivity contribution is 8.00. The van der Waals surface area contributed by atoms with Crippen molar-refractivity contribution in [2.24, 2.45) is 0 Å². The Labute approximate surface area is 109 Å². The predicted octanol–water partition coefficient (Wildman–Crippen LogP) is 1.03. The zero-order valence-electron chi connectivity index (χ0n) is 9.55. The molecule has 0 atom stereocenters. The first kappa shape index (κ1) is 12.5. The summed E-state index contributed by atoms with van der Waals surface area (Å²) in [6, 6.07) is 8.67. The summed E-state index contributed by atoms with van der Waals surface area (Å²) in [5, 5.41) is 11.4. The van der Waals surface area contributed by atoms with E-state index in [1.165, 1.54) is 16.7 Å². The summed E-state index contributed by atoms with van der Waals surface area (Å²) in [4.78, 5) is 24.6. The van der Waals surface area contributed by atoms with E-state index in [-0.39, 0.29) is 18.4 Å². The quantitative estimate of drug-likeness (QED) is 0.882. The molecule has 1 aliphatic rings. The average molecular weight is 261 g/mol. The van der Waals surface area contributed by atoms with Crippen molar-refractivity contribution >= 4 is 29.3 Å². The van der Waals surface area contributed by atoms with Gasteiger partial charge in [-0.3, -0.25) is 9.59 Å². The van der Waals surface area contributed by atoms with E-state index in [1.807, 2.05) is 6.07 Å². The molecular formula is C12H11N3O2S. The van der Waals surface area contributed by atoms with Crippen molar-refractivity contribution in [1.29, 1.82) is 5.26 Å². The summed E-state index contributed by atoms with van der Waals surface area (Å²) in [6.45, 7) is 0.0581. The van der Waals surface area contributed by atoms with Crippen molar-refractivity contribution in [2.45, 2.75) is 0 Å².